The van der Waals surface area contributed by atoms with Gasteiger partial charge in [0.2, 0.25) is 5.91 Å². The van der Waals surface area contributed by atoms with Crippen molar-refractivity contribution in [1.29, 1.82) is 0 Å². The Morgan fingerprint density at radius 1 is 1.38 bits per heavy atom. The molecule has 0 fully saturated rings. The Hall–Kier alpha value is -2.02. The molecule has 6 nitrogen and oxygen atoms in total. The molecular formula is C14H18N4O2S. The summed E-state index contributed by atoms with van der Waals surface area (Å²) in [4.78, 5) is 13.5. The smallest absolute Gasteiger partial charge is 0.232 e. The molecule has 0 saturated heterocycles. The van der Waals surface area contributed by atoms with Crippen LogP contribution in [0.4, 0.5) is 0 Å². The molecule has 0 atom stereocenters. The van der Waals surface area contributed by atoms with Crippen molar-refractivity contribution in [2.24, 2.45) is 0 Å². The van der Waals surface area contributed by atoms with Crippen LogP contribution in [-0.4, -0.2) is 52.0 Å². The van der Waals surface area contributed by atoms with E-state index >= 15 is 0 Å². The molecule has 0 unspecified atom stereocenters. The Morgan fingerprint density at radius 2 is 2.10 bits per heavy atom. The zero-order valence-corrected chi connectivity index (χ0v) is 13.1. The van der Waals surface area contributed by atoms with Crippen LogP contribution in [0.1, 0.15) is 6.92 Å². The summed E-state index contributed by atoms with van der Waals surface area (Å²) >= 11 is 1.38. The van der Waals surface area contributed by atoms with Crippen LogP contribution in [0.25, 0.3) is 5.69 Å². The van der Waals surface area contributed by atoms with E-state index in [2.05, 4.69) is 10.2 Å². The molecule has 0 saturated carbocycles. The quantitative estimate of drug-likeness (QED) is 0.762. The number of aromatic nitrogens is 3. The Labute approximate surface area is 128 Å². The van der Waals surface area contributed by atoms with E-state index in [-0.39, 0.29) is 5.91 Å². The highest BCUT2D eigenvalue weighted by Gasteiger charge is 2.12. The van der Waals surface area contributed by atoms with Crippen LogP contribution >= 0.6 is 11.8 Å². The van der Waals surface area contributed by atoms with Gasteiger partial charge in [-0.3, -0.25) is 9.36 Å². The molecule has 112 valence electrons. The standard InChI is InChI=1S/C14H18N4O2S/c1-4-17(2)13(19)9-21-14-16-15-10-18(14)11-5-7-12(20-3)8-6-11/h5-8,10H,4,9H2,1-3H3. The highest BCUT2D eigenvalue weighted by molar-refractivity contribution is 7.99. The molecule has 0 bridgehead atoms. The van der Waals surface area contributed by atoms with Crippen molar-refractivity contribution < 1.29 is 9.53 Å². The minimum Gasteiger partial charge on any atom is -0.497 e. The number of benzene rings is 1. The van der Waals surface area contributed by atoms with E-state index in [1.54, 1.807) is 25.4 Å². The fourth-order valence-electron chi connectivity index (χ4n) is 1.66. The molecule has 2 rings (SSSR count). The molecule has 0 N–H and O–H groups in total. The Bertz CT molecular complexity index is 597. The third-order valence-electron chi connectivity index (χ3n) is 3.09. The molecule has 0 spiro atoms. The maximum absolute atomic E-state index is 11.8. The van der Waals surface area contributed by atoms with Crippen molar-refractivity contribution in [3.05, 3.63) is 30.6 Å². The molecule has 7 heteroatoms. The van der Waals surface area contributed by atoms with E-state index in [0.29, 0.717) is 17.5 Å². The summed E-state index contributed by atoms with van der Waals surface area (Å²) in [6, 6.07) is 7.60. The first kappa shape index (κ1) is 15.4. The van der Waals surface area contributed by atoms with E-state index in [4.69, 9.17) is 4.74 Å². The highest BCUT2D eigenvalue weighted by Crippen LogP contribution is 2.21. The van der Waals surface area contributed by atoms with Crippen LogP contribution in [-0.2, 0) is 4.79 Å². The molecule has 0 aliphatic rings. The molecule has 21 heavy (non-hydrogen) atoms. The number of thioether (sulfide) groups is 1. The Kier molecular flexibility index (Phi) is 5.21. The van der Waals surface area contributed by atoms with Gasteiger partial charge in [-0.1, -0.05) is 11.8 Å². The number of nitrogens with zero attached hydrogens (tertiary/aromatic N) is 4. The zero-order chi connectivity index (χ0) is 15.2. The molecule has 0 aliphatic heterocycles. The van der Waals surface area contributed by atoms with Gasteiger partial charge in [0.1, 0.15) is 12.1 Å². The van der Waals surface area contributed by atoms with Crippen molar-refractivity contribution in [3.63, 3.8) is 0 Å². The molecule has 1 aromatic carbocycles. The predicted octanol–water partition coefficient (Wildman–Crippen LogP) is 1.85. The van der Waals surface area contributed by atoms with Gasteiger partial charge in [0.15, 0.2) is 5.16 Å². The SMILES string of the molecule is CCN(C)C(=O)CSc1nncn1-c1ccc(OC)cc1. The first-order valence-electron chi connectivity index (χ1n) is 6.57. The van der Waals surface area contributed by atoms with Crippen molar-refractivity contribution in [1.82, 2.24) is 19.7 Å². The monoisotopic (exact) mass is 306 g/mol. The maximum Gasteiger partial charge on any atom is 0.232 e. The van der Waals surface area contributed by atoms with Gasteiger partial charge in [-0.25, -0.2) is 0 Å². The van der Waals surface area contributed by atoms with Crippen LogP contribution in [0.3, 0.4) is 0 Å². The van der Waals surface area contributed by atoms with Gasteiger partial charge < -0.3 is 9.64 Å². The van der Waals surface area contributed by atoms with Gasteiger partial charge in [0.25, 0.3) is 0 Å². The molecule has 2 aromatic rings. The Morgan fingerprint density at radius 3 is 2.71 bits per heavy atom. The molecule has 1 heterocycles. The lowest BCUT2D eigenvalue weighted by Gasteiger charge is -2.13. The van der Waals surface area contributed by atoms with Gasteiger partial charge in [-0.2, -0.15) is 0 Å². The number of rotatable bonds is 6. The second kappa shape index (κ2) is 7.12. The van der Waals surface area contributed by atoms with Crippen LogP contribution in [0.2, 0.25) is 0 Å². The van der Waals surface area contributed by atoms with Crippen molar-refractivity contribution in [2.45, 2.75) is 12.1 Å². The van der Waals surface area contributed by atoms with Crippen molar-refractivity contribution in [3.8, 4) is 11.4 Å². The molecule has 0 aliphatic carbocycles. The topological polar surface area (TPSA) is 60.2 Å². The van der Waals surface area contributed by atoms with Gasteiger partial charge >= 0.3 is 0 Å². The zero-order valence-electron chi connectivity index (χ0n) is 12.3. The van der Waals surface area contributed by atoms with Crippen molar-refractivity contribution in [2.75, 3.05) is 26.5 Å². The number of carbonyl (C=O) groups excluding carboxylic acids is 1. The second-order valence-corrected chi connectivity index (χ2v) is 5.32. The summed E-state index contributed by atoms with van der Waals surface area (Å²) in [5.41, 5.74) is 0.930. The second-order valence-electron chi connectivity index (χ2n) is 4.38. The molecule has 1 aromatic heterocycles. The summed E-state index contributed by atoms with van der Waals surface area (Å²) in [6.07, 6.45) is 1.64. The maximum atomic E-state index is 11.8. The highest BCUT2D eigenvalue weighted by atomic mass is 32.2. The third kappa shape index (κ3) is 3.75. The fraction of sp³-hybridized carbons (Fsp3) is 0.357. The normalized spacial score (nSPS) is 10.4. The lowest BCUT2D eigenvalue weighted by atomic mass is 10.3. The van der Waals surface area contributed by atoms with Crippen LogP contribution in [0, 0.1) is 0 Å². The van der Waals surface area contributed by atoms with Crippen LogP contribution in [0.5, 0.6) is 5.75 Å². The summed E-state index contributed by atoms with van der Waals surface area (Å²) in [7, 11) is 3.42. The van der Waals surface area contributed by atoms with E-state index in [0.717, 1.165) is 11.4 Å². The summed E-state index contributed by atoms with van der Waals surface area (Å²) in [5.74, 6) is 1.21. The van der Waals surface area contributed by atoms with Crippen molar-refractivity contribution >= 4 is 17.7 Å². The van der Waals surface area contributed by atoms with Gasteiger partial charge in [-0.05, 0) is 31.2 Å². The van der Waals surface area contributed by atoms with E-state index in [1.807, 2.05) is 35.8 Å². The summed E-state index contributed by atoms with van der Waals surface area (Å²) < 4.78 is 6.99. The van der Waals surface area contributed by atoms with E-state index in [9.17, 15) is 4.79 Å². The van der Waals surface area contributed by atoms with Gasteiger partial charge in [-0.15, -0.1) is 10.2 Å². The predicted molar refractivity (Wildman–Crippen MR) is 81.9 cm³/mol. The minimum atomic E-state index is 0.0757. The van der Waals surface area contributed by atoms with E-state index < -0.39 is 0 Å². The van der Waals surface area contributed by atoms with Crippen LogP contribution in [0.15, 0.2) is 35.7 Å². The lowest BCUT2D eigenvalue weighted by Crippen LogP contribution is -2.27. The molecule has 0 radical (unpaired) electrons. The molecular weight excluding hydrogens is 288 g/mol. The minimum absolute atomic E-state index is 0.0757. The van der Waals surface area contributed by atoms with E-state index in [1.165, 1.54) is 11.8 Å². The first-order valence-corrected chi connectivity index (χ1v) is 7.55. The summed E-state index contributed by atoms with van der Waals surface area (Å²) in [6.45, 7) is 2.65. The summed E-state index contributed by atoms with van der Waals surface area (Å²) in [5, 5.41) is 8.68. The lowest BCUT2D eigenvalue weighted by molar-refractivity contribution is -0.126. The van der Waals surface area contributed by atoms with Gasteiger partial charge in [0.05, 0.1) is 12.9 Å². The fourth-order valence-corrected chi connectivity index (χ4v) is 2.53. The number of ether oxygens (including phenoxy) is 1. The van der Waals surface area contributed by atoms with Crippen LogP contribution < -0.4 is 4.74 Å². The first-order chi connectivity index (χ1) is 10.2. The number of carbonyl (C=O) groups is 1. The number of methoxy groups -OCH3 is 1. The largest absolute Gasteiger partial charge is 0.497 e. The number of hydrogen-bond donors (Lipinski definition) is 0. The molecule has 1 amide bonds. The number of hydrogen-bond acceptors (Lipinski definition) is 5. The number of amides is 1. The average molecular weight is 306 g/mol. The average Bonchev–Trinajstić information content (AvgIpc) is 3.00. The van der Waals surface area contributed by atoms with Gasteiger partial charge in [0, 0.05) is 19.3 Å². The Balaban J connectivity index is 2.09. The third-order valence-corrected chi connectivity index (χ3v) is 4.02.